The molecule has 3 rings (SSSR count). The van der Waals surface area contributed by atoms with Crippen LogP contribution < -0.4 is 5.73 Å². The van der Waals surface area contributed by atoms with Crippen LogP contribution in [0.15, 0.2) is 12.7 Å². The van der Waals surface area contributed by atoms with Crippen LogP contribution in [-0.2, 0) is 36.8 Å². The van der Waals surface area contributed by atoms with Gasteiger partial charge in [-0.05, 0) is 0 Å². The van der Waals surface area contributed by atoms with Gasteiger partial charge in [0.05, 0.1) is 6.61 Å². The molecule has 32 heavy (non-hydrogen) atoms. The van der Waals surface area contributed by atoms with E-state index in [0.717, 1.165) is 17.2 Å². The highest BCUT2D eigenvalue weighted by molar-refractivity contribution is 7.66. The second-order valence-electron chi connectivity index (χ2n) is 6.13. The van der Waals surface area contributed by atoms with Crippen LogP contribution in [0.5, 0.6) is 0 Å². The highest BCUT2D eigenvalue weighted by Gasteiger charge is 2.56. The number of halogens is 1. The molecule has 3 heterocycles. The molecule has 2 aromatic heterocycles. The number of anilines is 1. The summed E-state index contributed by atoms with van der Waals surface area (Å²) < 4.78 is 51.7. The van der Waals surface area contributed by atoms with Crippen molar-refractivity contribution < 1.29 is 61.4 Å². The highest BCUT2D eigenvalue weighted by Crippen LogP contribution is 2.66. The lowest BCUT2D eigenvalue weighted by atomic mass is 10.1. The van der Waals surface area contributed by atoms with Crippen LogP contribution in [0.25, 0.3) is 11.2 Å². The summed E-state index contributed by atoms with van der Waals surface area (Å²) in [6.45, 7) is -1.06. The first-order valence-corrected chi connectivity index (χ1v) is 12.9. The Hall–Kier alpha value is -1.07. The summed E-state index contributed by atoms with van der Waals surface area (Å²) in [6.07, 6.45) is -3.20. The molecule has 18 nitrogen and oxygen atoms in total. The fourth-order valence-electron chi connectivity index (χ4n) is 2.64. The summed E-state index contributed by atoms with van der Waals surface area (Å²) in [5.74, 6) is -0.0220. The number of aromatic nitrogens is 4. The van der Waals surface area contributed by atoms with Crippen molar-refractivity contribution in [1.82, 2.24) is 19.5 Å². The van der Waals surface area contributed by atoms with E-state index in [1.165, 1.54) is 0 Å². The van der Waals surface area contributed by atoms with Gasteiger partial charge in [0.25, 0.3) is 5.18 Å². The van der Waals surface area contributed by atoms with Crippen LogP contribution in [-0.4, -0.2) is 74.2 Å². The van der Waals surface area contributed by atoms with Crippen LogP contribution in [0.2, 0.25) is 0 Å². The number of nitrogens with two attached hydrogens (primary N) is 1. The Kier molecular flexibility index (Phi) is 6.88. The van der Waals surface area contributed by atoms with Gasteiger partial charge in [0.2, 0.25) is 0 Å². The lowest BCUT2D eigenvalue weighted by molar-refractivity contribution is -0.0830. The summed E-state index contributed by atoms with van der Waals surface area (Å²) in [5.41, 5.74) is 5.77. The minimum Gasteiger partial charge on any atom is -0.387 e. The Bertz CT molecular complexity index is 1160. The van der Waals surface area contributed by atoms with Gasteiger partial charge in [-0.3, -0.25) is 9.09 Å². The van der Waals surface area contributed by atoms with Crippen molar-refractivity contribution >= 4 is 52.1 Å². The van der Waals surface area contributed by atoms with E-state index in [-0.39, 0.29) is 17.0 Å². The molecule has 0 bridgehead atoms. The molecule has 1 aliphatic heterocycles. The number of hydrogen-bond donors (Lipinski definition) is 7. The van der Waals surface area contributed by atoms with Crippen LogP contribution >= 0.6 is 35.1 Å². The smallest absolute Gasteiger partial charge is 0.387 e. The van der Waals surface area contributed by atoms with Crippen molar-refractivity contribution in [3.63, 3.8) is 0 Å². The summed E-state index contributed by atoms with van der Waals surface area (Å²) in [4.78, 5) is 47.2. The Morgan fingerprint density at radius 2 is 1.78 bits per heavy atom. The number of ether oxygens (including phenoxy) is 1. The Labute approximate surface area is 182 Å². The van der Waals surface area contributed by atoms with E-state index < -0.39 is 53.6 Å². The normalized spacial score (nSPS) is 30.3. The predicted molar refractivity (Wildman–Crippen MR) is 100 cm³/mol. The third-order valence-electron chi connectivity index (χ3n) is 3.89. The molecule has 1 aliphatic rings. The maximum absolute atomic E-state index is 11.8. The van der Waals surface area contributed by atoms with Crippen molar-refractivity contribution in [3.8, 4) is 0 Å². The van der Waals surface area contributed by atoms with Crippen molar-refractivity contribution in [2.24, 2.45) is 0 Å². The van der Waals surface area contributed by atoms with Crippen molar-refractivity contribution in [3.05, 3.63) is 12.7 Å². The molecule has 6 atom stereocenters. The van der Waals surface area contributed by atoms with Gasteiger partial charge in [0.1, 0.15) is 36.5 Å². The van der Waals surface area contributed by atoms with Crippen LogP contribution in [0.4, 0.5) is 5.82 Å². The SMILES string of the molecule is Nc1ncnc2c1ncn2[C@]1(Cl)O[C@H](COP(=O)(O)OP(=O)(O)OP(=O)(O)O)[C@@H](O)[C@H]1O. The number of nitrogens with zero attached hydrogens (tertiary/aromatic N) is 4. The maximum atomic E-state index is 11.8. The highest BCUT2D eigenvalue weighted by atomic mass is 35.5. The minimum absolute atomic E-state index is 0.00675. The van der Waals surface area contributed by atoms with Gasteiger partial charge in [0.15, 0.2) is 11.5 Å². The Morgan fingerprint density at radius 3 is 2.41 bits per heavy atom. The molecule has 2 unspecified atom stereocenters. The summed E-state index contributed by atoms with van der Waals surface area (Å²) in [5, 5.41) is 18.4. The predicted octanol–water partition coefficient (Wildman–Crippen LogP) is -1.28. The van der Waals surface area contributed by atoms with E-state index in [2.05, 4.69) is 28.1 Å². The third kappa shape index (κ3) is 5.35. The van der Waals surface area contributed by atoms with Gasteiger partial charge in [-0.15, -0.1) is 0 Å². The number of phosphoric ester groups is 1. The number of imidazole rings is 1. The summed E-state index contributed by atoms with van der Waals surface area (Å²) in [7, 11) is -16.8. The number of rotatable bonds is 8. The largest absolute Gasteiger partial charge is 0.490 e. The monoisotopic (exact) mass is 541 g/mol. The number of aliphatic hydroxyl groups is 2. The van der Waals surface area contributed by atoms with E-state index in [1.54, 1.807) is 0 Å². The van der Waals surface area contributed by atoms with E-state index >= 15 is 0 Å². The number of phosphoric acid groups is 3. The number of aliphatic hydroxyl groups excluding tert-OH is 2. The number of hydrogen-bond acceptors (Lipinski definition) is 13. The topological polar surface area (TPSA) is 279 Å². The molecule has 0 aromatic carbocycles. The second kappa shape index (κ2) is 8.61. The van der Waals surface area contributed by atoms with Gasteiger partial charge >= 0.3 is 23.5 Å². The van der Waals surface area contributed by atoms with E-state index in [0.29, 0.717) is 0 Å². The quantitative estimate of drug-likeness (QED) is 0.151. The van der Waals surface area contributed by atoms with Gasteiger partial charge in [0, 0.05) is 0 Å². The maximum Gasteiger partial charge on any atom is 0.490 e. The molecule has 1 saturated heterocycles. The molecule has 2 aromatic rings. The molecule has 1 fully saturated rings. The first-order chi connectivity index (χ1) is 14.5. The zero-order valence-electron chi connectivity index (χ0n) is 15.2. The first kappa shape index (κ1) is 25.6. The molecule has 180 valence electrons. The third-order valence-corrected chi connectivity index (χ3v) is 8.19. The fourth-order valence-corrected chi connectivity index (χ4v) is 6.04. The average Bonchev–Trinajstić information content (AvgIpc) is 3.14. The van der Waals surface area contributed by atoms with Gasteiger partial charge in [-0.2, -0.15) is 8.62 Å². The molecular weight excluding hydrogens is 527 g/mol. The fraction of sp³-hybridized carbons (Fsp3) is 0.500. The zero-order chi connectivity index (χ0) is 24.1. The molecule has 22 heteroatoms. The molecule has 0 aliphatic carbocycles. The molecule has 0 spiro atoms. The Balaban J connectivity index is 1.75. The average molecular weight is 542 g/mol. The molecule has 0 amide bonds. The van der Waals surface area contributed by atoms with Gasteiger partial charge in [-0.1, -0.05) is 11.6 Å². The summed E-state index contributed by atoms with van der Waals surface area (Å²) >= 11 is 6.32. The van der Waals surface area contributed by atoms with Gasteiger partial charge < -0.3 is 40.3 Å². The van der Waals surface area contributed by atoms with E-state index in [1.807, 2.05) is 0 Å². The summed E-state index contributed by atoms with van der Waals surface area (Å²) in [6, 6.07) is 0. The number of fused-ring (bicyclic) bond motifs is 1. The number of alkyl halides is 1. The lowest BCUT2D eigenvalue weighted by Gasteiger charge is -2.26. The standard InChI is InChI=1S/C10H15ClN5O13P3/c11-10(16-3-15-5-8(12)13-2-14-9(5)16)7(18)6(17)4(27-10)1-26-31(22,23)29-32(24,25)28-30(19,20)21/h2-4,6-7,17-18H,1H2,(H,22,23)(H,24,25)(H2,12,13,14)(H2,19,20,21)/t4-,6-,7-,10+/m1/s1. The second-order valence-corrected chi connectivity index (χ2v) is 11.1. The molecular formula is C10H15ClN5O13P3. The van der Waals surface area contributed by atoms with Crippen molar-refractivity contribution in [1.29, 1.82) is 0 Å². The first-order valence-electron chi connectivity index (χ1n) is 8.00. The van der Waals surface area contributed by atoms with Crippen LogP contribution in [0.1, 0.15) is 0 Å². The van der Waals surface area contributed by atoms with Crippen molar-refractivity contribution in [2.45, 2.75) is 23.5 Å². The minimum atomic E-state index is -5.74. The van der Waals surface area contributed by atoms with Gasteiger partial charge in [-0.25, -0.2) is 28.6 Å². The lowest BCUT2D eigenvalue weighted by Crippen LogP contribution is -2.41. The van der Waals surface area contributed by atoms with Crippen LogP contribution in [0, 0.1) is 0 Å². The zero-order valence-corrected chi connectivity index (χ0v) is 18.7. The molecule has 8 N–H and O–H groups in total. The van der Waals surface area contributed by atoms with Crippen LogP contribution in [0.3, 0.4) is 0 Å². The molecule has 0 saturated carbocycles. The Morgan fingerprint density at radius 1 is 1.12 bits per heavy atom. The van der Waals surface area contributed by atoms with Crippen molar-refractivity contribution in [2.75, 3.05) is 12.3 Å². The molecule has 0 radical (unpaired) electrons. The van der Waals surface area contributed by atoms with E-state index in [4.69, 9.17) is 36.8 Å². The van der Waals surface area contributed by atoms with E-state index in [9.17, 15) is 28.8 Å². The number of nitrogen functional groups attached to an aromatic ring is 1.